The van der Waals surface area contributed by atoms with Crippen LogP contribution in [0.1, 0.15) is 46.4 Å². The zero-order valence-electron chi connectivity index (χ0n) is 16.6. The summed E-state index contributed by atoms with van der Waals surface area (Å²) >= 11 is 6.02. The first-order valence-electron chi connectivity index (χ1n) is 10.3. The number of hydrogen-bond donors (Lipinski definition) is 1. The van der Waals surface area contributed by atoms with Gasteiger partial charge in [0.05, 0.1) is 17.2 Å². The molecule has 1 aliphatic heterocycles. The predicted molar refractivity (Wildman–Crippen MR) is 112 cm³/mol. The maximum atomic E-state index is 14.0. The summed E-state index contributed by atoms with van der Waals surface area (Å²) in [5, 5.41) is 3.10. The minimum atomic E-state index is -0.591. The third-order valence-electron chi connectivity index (χ3n) is 5.59. The molecule has 1 saturated heterocycles. The molecule has 4 rings (SSSR count). The number of nitrogens with one attached hydrogen (secondary N) is 1. The van der Waals surface area contributed by atoms with Crippen molar-refractivity contribution >= 4 is 23.4 Å². The summed E-state index contributed by atoms with van der Waals surface area (Å²) in [4.78, 5) is 26.3. The Bertz CT molecular complexity index is 902. The molecule has 1 heterocycles. The summed E-state index contributed by atoms with van der Waals surface area (Å²) in [7, 11) is 0. The Hall–Kier alpha value is -2.60. The second-order valence-electron chi connectivity index (χ2n) is 7.92. The second kappa shape index (κ2) is 9.04. The summed E-state index contributed by atoms with van der Waals surface area (Å²) < 4.78 is 19.9. The molecule has 0 bridgehead atoms. The minimum absolute atomic E-state index is 0.0453. The third kappa shape index (κ3) is 4.93. The minimum Gasteiger partial charge on any atom is -0.493 e. The Labute approximate surface area is 180 Å². The van der Waals surface area contributed by atoms with E-state index in [0.717, 1.165) is 31.4 Å². The van der Waals surface area contributed by atoms with Crippen LogP contribution in [0, 0.1) is 11.7 Å². The number of hydrogen-bond acceptors (Lipinski definition) is 3. The van der Waals surface area contributed by atoms with Crippen LogP contribution in [0.15, 0.2) is 42.5 Å². The van der Waals surface area contributed by atoms with E-state index in [9.17, 15) is 14.0 Å². The molecule has 0 spiro atoms. The van der Waals surface area contributed by atoms with Crippen LogP contribution in [-0.4, -0.2) is 42.5 Å². The van der Waals surface area contributed by atoms with Crippen LogP contribution >= 0.6 is 11.6 Å². The van der Waals surface area contributed by atoms with Gasteiger partial charge in [0.2, 0.25) is 0 Å². The average Bonchev–Trinajstić information content (AvgIpc) is 3.57. The zero-order chi connectivity index (χ0) is 21.1. The maximum absolute atomic E-state index is 14.0. The summed E-state index contributed by atoms with van der Waals surface area (Å²) in [5.41, 5.74) is 0.576. The van der Waals surface area contributed by atoms with Crippen molar-refractivity contribution in [1.82, 2.24) is 10.2 Å². The number of carbonyl (C=O) groups excluding carboxylic acids is 2. The number of nitrogens with zero attached hydrogens (tertiary/aromatic N) is 1. The molecule has 0 aromatic heterocycles. The fourth-order valence-corrected chi connectivity index (χ4v) is 3.82. The van der Waals surface area contributed by atoms with Gasteiger partial charge in [0.1, 0.15) is 11.6 Å². The van der Waals surface area contributed by atoms with Crippen LogP contribution in [0.3, 0.4) is 0 Å². The van der Waals surface area contributed by atoms with Crippen LogP contribution in [0.25, 0.3) is 0 Å². The van der Waals surface area contributed by atoms with Crippen LogP contribution in [0.4, 0.5) is 4.39 Å². The van der Waals surface area contributed by atoms with Gasteiger partial charge in [-0.25, -0.2) is 4.39 Å². The van der Waals surface area contributed by atoms with Gasteiger partial charge in [-0.1, -0.05) is 17.7 Å². The molecule has 1 aliphatic carbocycles. The number of ether oxygens (including phenoxy) is 1. The topological polar surface area (TPSA) is 58.6 Å². The van der Waals surface area contributed by atoms with E-state index in [1.165, 1.54) is 18.2 Å². The molecule has 2 aromatic carbocycles. The van der Waals surface area contributed by atoms with Gasteiger partial charge in [-0.05, 0) is 68.0 Å². The summed E-state index contributed by atoms with van der Waals surface area (Å²) in [6, 6.07) is 11.8. The lowest BCUT2D eigenvalue weighted by Gasteiger charge is -2.32. The van der Waals surface area contributed by atoms with E-state index in [4.69, 9.17) is 16.3 Å². The molecule has 0 radical (unpaired) electrons. The molecule has 1 N–H and O–H groups in total. The average molecular weight is 431 g/mol. The number of halogens is 2. The van der Waals surface area contributed by atoms with E-state index in [1.807, 2.05) is 0 Å². The van der Waals surface area contributed by atoms with E-state index >= 15 is 0 Å². The number of benzene rings is 2. The highest BCUT2D eigenvalue weighted by Crippen LogP contribution is 2.25. The van der Waals surface area contributed by atoms with E-state index in [1.54, 1.807) is 29.2 Å². The van der Waals surface area contributed by atoms with Crippen LogP contribution in [-0.2, 0) is 0 Å². The van der Waals surface area contributed by atoms with E-state index < -0.39 is 5.82 Å². The highest BCUT2D eigenvalue weighted by Gasteiger charge is 2.27. The van der Waals surface area contributed by atoms with Gasteiger partial charge in [-0.15, -0.1) is 0 Å². The lowest BCUT2D eigenvalue weighted by Crippen LogP contribution is -2.40. The van der Waals surface area contributed by atoms with Crippen molar-refractivity contribution in [2.75, 3.05) is 19.7 Å². The summed E-state index contributed by atoms with van der Waals surface area (Å²) in [6.07, 6.45) is 3.68. The molecule has 0 atom stereocenters. The number of likely N-dealkylation sites (tertiary alicyclic amines) is 1. The van der Waals surface area contributed by atoms with Crippen molar-refractivity contribution < 1.29 is 18.7 Å². The van der Waals surface area contributed by atoms with Crippen LogP contribution in [0.2, 0.25) is 5.02 Å². The quantitative estimate of drug-likeness (QED) is 0.743. The first-order valence-corrected chi connectivity index (χ1v) is 10.7. The van der Waals surface area contributed by atoms with Gasteiger partial charge in [0.15, 0.2) is 0 Å². The Morgan fingerprint density at radius 3 is 2.40 bits per heavy atom. The first-order chi connectivity index (χ1) is 14.5. The number of rotatable bonds is 6. The standard InChI is InChI=1S/C23H24ClFN2O3/c24-19-2-1-3-20(25)21(19)23(29)27-12-10-15(11-13-27)14-30-18-8-4-16(5-9-18)22(28)26-17-6-7-17/h1-5,8-9,15,17H,6-7,10-14H2,(H,26,28). The normalized spacial score (nSPS) is 16.9. The first kappa shape index (κ1) is 20.7. The van der Waals surface area contributed by atoms with E-state index in [2.05, 4.69) is 5.32 Å². The van der Waals surface area contributed by atoms with Crippen LogP contribution < -0.4 is 10.1 Å². The summed E-state index contributed by atoms with van der Waals surface area (Å²) in [5.74, 6) is 0.0263. The lowest BCUT2D eigenvalue weighted by atomic mass is 9.97. The molecule has 2 aliphatic rings. The highest BCUT2D eigenvalue weighted by molar-refractivity contribution is 6.33. The predicted octanol–water partition coefficient (Wildman–Crippen LogP) is 4.30. The molecular weight excluding hydrogens is 407 g/mol. The second-order valence-corrected chi connectivity index (χ2v) is 8.32. The molecule has 1 saturated carbocycles. The van der Waals surface area contributed by atoms with Gasteiger partial charge < -0.3 is 15.0 Å². The van der Waals surface area contributed by atoms with Gasteiger partial charge in [-0.3, -0.25) is 9.59 Å². The number of carbonyl (C=O) groups is 2. The maximum Gasteiger partial charge on any atom is 0.258 e. The fraction of sp³-hybridized carbons (Fsp3) is 0.391. The van der Waals surface area contributed by atoms with Crippen molar-refractivity contribution in [1.29, 1.82) is 0 Å². The molecule has 158 valence electrons. The smallest absolute Gasteiger partial charge is 0.258 e. The van der Waals surface area contributed by atoms with Gasteiger partial charge in [-0.2, -0.15) is 0 Å². The Morgan fingerprint density at radius 2 is 1.77 bits per heavy atom. The Kier molecular flexibility index (Phi) is 6.23. The molecule has 2 fully saturated rings. The summed E-state index contributed by atoms with van der Waals surface area (Å²) in [6.45, 7) is 1.62. The van der Waals surface area contributed by atoms with Gasteiger partial charge in [0, 0.05) is 24.7 Å². The highest BCUT2D eigenvalue weighted by atomic mass is 35.5. The number of amides is 2. The van der Waals surface area contributed by atoms with E-state index in [0.29, 0.717) is 37.2 Å². The molecule has 7 heteroatoms. The molecule has 30 heavy (non-hydrogen) atoms. The lowest BCUT2D eigenvalue weighted by molar-refractivity contribution is 0.0656. The monoisotopic (exact) mass is 430 g/mol. The number of piperidine rings is 1. The molecule has 5 nitrogen and oxygen atoms in total. The Morgan fingerprint density at radius 1 is 1.07 bits per heavy atom. The van der Waals surface area contributed by atoms with Gasteiger partial charge in [0.25, 0.3) is 11.8 Å². The molecular formula is C23H24ClFN2O3. The van der Waals surface area contributed by atoms with Crippen molar-refractivity contribution in [2.24, 2.45) is 5.92 Å². The fourth-order valence-electron chi connectivity index (χ4n) is 3.58. The van der Waals surface area contributed by atoms with Crippen molar-refractivity contribution in [3.8, 4) is 5.75 Å². The molecule has 2 aromatic rings. The zero-order valence-corrected chi connectivity index (χ0v) is 17.3. The molecule has 2 amide bonds. The van der Waals surface area contributed by atoms with Crippen molar-refractivity contribution in [3.05, 3.63) is 64.4 Å². The van der Waals surface area contributed by atoms with Crippen LogP contribution in [0.5, 0.6) is 5.75 Å². The Balaban J connectivity index is 1.25. The van der Waals surface area contributed by atoms with Crippen molar-refractivity contribution in [3.63, 3.8) is 0 Å². The van der Waals surface area contributed by atoms with Gasteiger partial charge >= 0.3 is 0 Å². The SMILES string of the molecule is O=C(NC1CC1)c1ccc(OCC2CCN(C(=O)c3c(F)cccc3Cl)CC2)cc1. The third-order valence-corrected chi connectivity index (χ3v) is 5.91. The van der Waals surface area contributed by atoms with E-state index in [-0.39, 0.29) is 22.4 Å². The molecule has 0 unspecified atom stereocenters. The van der Waals surface area contributed by atoms with Crippen molar-refractivity contribution in [2.45, 2.75) is 31.7 Å². The largest absolute Gasteiger partial charge is 0.493 e.